The van der Waals surface area contributed by atoms with E-state index in [0.717, 1.165) is 35.4 Å². The van der Waals surface area contributed by atoms with Crippen LogP contribution < -0.4 is 5.32 Å². The Kier molecular flexibility index (Phi) is 5.08. The number of aryl methyl sites for hydroxylation is 3. The highest BCUT2D eigenvalue weighted by Gasteiger charge is 2.16. The third kappa shape index (κ3) is 3.61. The maximum atomic E-state index is 13.0. The van der Waals surface area contributed by atoms with Crippen molar-refractivity contribution in [2.24, 2.45) is 0 Å². The molecule has 4 aromatic rings. The zero-order valence-corrected chi connectivity index (χ0v) is 16.8. The average Bonchev–Trinajstić information content (AvgIpc) is 3.11. The van der Waals surface area contributed by atoms with Gasteiger partial charge in [0, 0.05) is 30.4 Å². The second-order valence-corrected chi connectivity index (χ2v) is 6.83. The molecule has 0 atom stereocenters. The van der Waals surface area contributed by atoms with Crippen molar-refractivity contribution in [3.05, 3.63) is 71.9 Å². The minimum Gasteiger partial charge on any atom is -0.328 e. The Hall–Kier alpha value is -3.54. The quantitative estimate of drug-likeness (QED) is 0.543. The molecular formula is C23H23N5O. The van der Waals surface area contributed by atoms with Gasteiger partial charge in [-0.2, -0.15) is 0 Å². The third-order valence-electron chi connectivity index (χ3n) is 4.92. The lowest BCUT2D eigenvalue weighted by atomic mass is 10.1. The van der Waals surface area contributed by atoms with Crippen molar-refractivity contribution in [2.75, 3.05) is 5.32 Å². The molecule has 0 saturated carbocycles. The van der Waals surface area contributed by atoms with E-state index in [2.05, 4.69) is 33.7 Å². The molecule has 6 heteroatoms. The van der Waals surface area contributed by atoms with Crippen LogP contribution in [0.3, 0.4) is 0 Å². The SMILES string of the molecule is CCc1nc2cc(NC(=O)c3cnc(C)nc3-c3ccccc3)ccc2n1CC. The molecule has 0 bridgehead atoms. The number of rotatable bonds is 5. The van der Waals surface area contributed by atoms with Gasteiger partial charge in [0.25, 0.3) is 5.91 Å². The predicted octanol–water partition coefficient (Wildman–Crippen LogP) is 4.64. The Labute approximate surface area is 169 Å². The predicted molar refractivity (Wildman–Crippen MR) is 115 cm³/mol. The van der Waals surface area contributed by atoms with Crippen molar-refractivity contribution in [3.63, 3.8) is 0 Å². The number of carbonyl (C=O) groups is 1. The van der Waals surface area contributed by atoms with Gasteiger partial charge >= 0.3 is 0 Å². The number of hydrogen-bond donors (Lipinski definition) is 1. The first kappa shape index (κ1) is 18.8. The zero-order chi connectivity index (χ0) is 20.4. The second kappa shape index (κ2) is 7.83. The molecule has 0 aliphatic rings. The van der Waals surface area contributed by atoms with Crippen molar-refractivity contribution in [2.45, 2.75) is 33.7 Å². The van der Waals surface area contributed by atoms with Crippen molar-refractivity contribution < 1.29 is 4.79 Å². The van der Waals surface area contributed by atoms with Gasteiger partial charge in [0.1, 0.15) is 11.6 Å². The van der Waals surface area contributed by atoms with Gasteiger partial charge in [-0.3, -0.25) is 4.79 Å². The minimum absolute atomic E-state index is 0.242. The molecule has 0 spiro atoms. The minimum atomic E-state index is -0.242. The van der Waals surface area contributed by atoms with E-state index >= 15 is 0 Å². The molecule has 0 fully saturated rings. The summed E-state index contributed by atoms with van der Waals surface area (Å²) in [6, 6.07) is 15.5. The third-order valence-corrected chi connectivity index (χ3v) is 4.92. The molecule has 0 unspecified atom stereocenters. The number of nitrogens with zero attached hydrogens (tertiary/aromatic N) is 4. The summed E-state index contributed by atoms with van der Waals surface area (Å²) in [6.45, 7) is 6.89. The van der Waals surface area contributed by atoms with E-state index < -0.39 is 0 Å². The molecule has 1 N–H and O–H groups in total. The first-order valence-electron chi connectivity index (χ1n) is 9.80. The summed E-state index contributed by atoms with van der Waals surface area (Å²) in [5.74, 6) is 1.43. The number of hydrogen-bond acceptors (Lipinski definition) is 4. The molecule has 0 saturated heterocycles. The highest BCUT2D eigenvalue weighted by atomic mass is 16.1. The number of fused-ring (bicyclic) bond motifs is 1. The number of imidazole rings is 1. The summed E-state index contributed by atoms with van der Waals surface area (Å²) in [7, 11) is 0. The fourth-order valence-corrected chi connectivity index (χ4v) is 3.53. The van der Waals surface area contributed by atoms with Crippen LogP contribution in [-0.4, -0.2) is 25.4 Å². The second-order valence-electron chi connectivity index (χ2n) is 6.83. The fraction of sp³-hybridized carbons (Fsp3) is 0.217. The molecule has 2 aromatic heterocycles. The summed E-state index contributed by atoms with van der Waals surface area (Å²) in [4.78, 5) is 26.5. The Morgan fingerprint density at radius 1 is 1.07 bits per heavy atom. The van der Waals surface area contributed by atoms with Gasteiger partial charge in [-0.25, -0.2) is 15.0 Å². The van der Waals surface area contributed by atoms with Gasteiger partial charge < -0.3 is 9.88 Å². The maximum Gasteiger partial charge on any atom is 0.259 e. The average molecular weight is 385 g/mol. The van der Waals surface area contributed by atoms with E-state index in [4.69, 9.17) is 4.98 Å². The zero-order valence-electron chi connectivity index (χ0n) is 16.8. The summed E-state index contributed by atoms with van der Waals surface area (Å²) in [6.07, 6.45) is 2.45. The van der Waals surface area contributed by atoms with Crippen molar-refractivity contribution in [1.82, 2.24) is 19.5 Å². The van der Waals surface area contributed by atoms with Crippen LogP contribution in [0.5, 0.6) is 0 Å². The van der Waals surface area contributed by atoms with Crippen molar-refractivity contribution in [3.8, 4) is 11.3 Å². The van der Waals surface area contributed by atoms with Gasteiger partial charge in [0.2, 0.25) is 0 Å². The summed E-state index contributed by atoms with van der Waals surface area (Å²) < 4.78 is 2.20. The van der Waals surface area contributed by atoms with E-state index in [0.29, 0.717) is 22.8 Å². The first-order valence-corrected chi connectivity index (χ1v) is 9.80. The number of nitrogens with one attached hydrogen (secondary N) is 1. The number of aromatic nitrogens is 4. The van der Waals surface area contributed by atoms with Crippen LogP contribution in [0.1, 0.15) is 35.9 Å². The van der Waals surface area contributed by atoms with Crippen LogP contribution in [0.15, 0.2) is 54.7 Å². The van der Waals surface area contributed by atoms with Crippen LogP contribution in [0.4, 0.5) is 5.69 Å². The monoisotopic (exact) mass is 385 g/mol. The Morgan fingerprint density at radius 3 is 2.59 bits per heavy atom. The number of carbonyl (C=O) groups excluding carboxylic acids is 1. The molecule has 2 heterocycles. The molecule has 29 heavy (non-hydrogen) atoms. The largest absolute Gasteiger partial charge is 0.328 e. The lowest BCUT2D eigenvalue weighted by molar-refractivity contribution is 0.102. The normalized spacial score (nSPS) is 11.0. The Balaban J connectivity index is 1.68. The van der Waals surface area contributed by atoms with E-state index in [1.807, 2.05) is 55.5 Å². The molecule has 0 radical (unpaired) electrons. The molecule has 1 amide bonds. The highest BCUT2D eigenvalue weighted by molar-refractivity contribution is 6.08. The smallest absolute Gasteiger partial charge is 0.259 e. The van der Waals surface area contributed by atoms with E-state index in [1.165, 1.54) is 0 Å². The van der Waals surface area contributed by atoms with E-state index in [-0.39, 0.29) is 5.91 Å². The van der Waals surface area contributed by atoms with E-state index in [1.54, 1.807) is 6.20 Å². The number of benzene rings is 2. The standard InChI is InChI=1S/C23H23N5O/c1-4-21-27-19-13-17(11-12-20(19)28(21)5-2)26-23(29)18-14-24-15(3)25-22(18)16-9-7-6-8-10-16/h6-14H,4-5H2,1-3H3,(H,26,29). The fourth-order valence-electron chi connectivity index (χ4n) is 3.53. The van der Waals surface area contributed by atoms with E-state index in [9.17, 15) is 4.79 Å². The Morgan fingerprint density at radius 2 is 1.86 bits per heavy atom. The maximum absolute atomic E-state index is 13.0. The lowest BCUT2D eigenvalue weighted by Gasteiger charge is -2.10. The van der Waals surface area contributed by atoms with Crippen LogP contribution >= 0.6 is 0 Å². The van der Waals surface area contributed by atoms with Crippen molar-refractivity contribution in [1.29, 1.82) is 0 Å². The molecule has 0 aliphatic carbocycles. The van der Waals surface area contributed by atoms with Crippen LogP contribution in [0.2, 0.25) is 0 Å². The lowest BCUT2D eigenvalue weighted by Crippen LogP contribution is -2.15. The van der Waals surface area contributed by atoms with Crippen molar-refractivity contribution >= 4 is 22.6 Å². The van der Waals surface area contributed by atoms with Crippen LogP contribution in [0, 0.1) is 6.92 Å². The van der Waals surface area contributed by atoms with Gasteiger partial charge in [0.15, 0.2) is 0 Å². The van der Waals surface area contributed by atoms with Gasteiger partial charge in [-0.05, 0) is 32.0 Å². The first-order chi connectivity index (χ1) is 14.1. The van der Waals surface area contributed by atoms with Gasteiger partial charge in [-0.15, -0.1) is 0 Å². The molecule has 0 aliphatic heterocycles. The number of anilines is 1. The molecule has 4 rings (SSSR count). The topological polar surface area (TPSA) is 72.7 Å². The highest BCUT2D eigenvalue weighted by Crippen LogP contribution is 2.24. The molecule has 146 valence electrons. The van der Waals surface area contributed by atoms with Crippen LogP contribution in [-0.2, 0) is 13.0 Å². The number of amides is 1. The molecular weight excluding hydrogens is 362 g/mol. The summed E-state index contributed by atoms with van der Waals surface area (Å²) in [5.41, 5.74) is 4.60. The summed E-state index contributed by atoms with van der Waals surface area (Å²) in [5, 5.41) is 2.98. The van der Waals surface area contributed by atoms with Crippen LogP contribution in [0.25, 0.3) is 22.3 Å². The Bertz CT molecular complexity index is 1180. The summed E-state index contributed by atoms with van der Waals surface area (Å²) >= 11 is 0. The van der Waals surface area contributed by atoms with Gasteiger partial charge in [-0.1, -0.05) is 37.3 Å². The molecule has 6 nitrogen and oxygen atoms in total. The molecule has 2 aromatic carbocycles. The van der Waals surface area contributed by atoms with Gasteiger partial charge in [0.05, 0.1) is 22.3 Å².